The van der Waals surface area contributed by atoms with E-state index in [1.165, 1.54) is 0 Å². The fourth-order valence-electron chi connectivity index (χ4n) is 4.65. The molecule has 4 aromatic carbocycles. The van der Waals surface area contributed by atoms with E-state index in [4.69, 9.17) is 0 Å². The van der Waals surface area contributed by atoms with Crippen LogP contribution in [-0.4, -0.2) is 0 Å². The van der Waals surface area contributed by atoms with E-state index in [0.717, 1.165) is 43.4 Å². The second-order valence-electron chi connectivity index (χ2n) is 10.8. The molecule has 0 radical (unpaired) electrons. The number of rotatable bonds is 0. The predicted molar refractivity (Wildman–Crippen MR) is 136 cm³/mol. The van der Waals surface area contributed by atoms with Crippen molar-refractivity contribution in [1.82, 2.24) is 0 Å². The maximum Gasteiger partial charge on any atom is 0.138 e. The van der Waals surface area contributed by atoms with Crippen molar-refractivity contribution >= 4 is 43.5 Å². The average Bonchev–Trinajstić information content (AvgIpc) is 2.78. The Morgan fingerprint density at radius 2 is 0.882 bits per heavy atom. The number of nitriles is 4. The summed E-state index contributed by atoms with van der Waals surface area (Å²) in [5.41, 5.74) is 1.52. The Bertz CT molecular complexity index is 1630. The van der Waals surface area contributed by atoms with Gasteiger partial charge in [-0.05, 0) is 66.4 Å². The molecule has 4 aromatic rings. The van der Waals surface area contributed by atoms with Crippen LogP contribution in [-0.2, 0) is 10.8 Å². The molecule has 0 spiro atoms. The van der Waals surface area contributed by atoms with Crippen molar-refractivity contribution in [3.63, 3.8) is 0 Å². The minimum atomic E-state index is -0.183. The molecule has 0 saturated heterocycles. The summed E-state index contributed by atoms with van der Waals surface area (Å²) in [5, 5.41) is 45.7. The molecule has 0 heterocycles. The largest absolute Gasteiger partial charge is 0.192 e. The van der Waals surface area contributed by atoms with Crippen LogP contribution in [0.2, 0.25) is 0 Å². The van der Waals surface area contributed by atoms with E-state index >= 15 is 0 Å². The van der Waals surface area contributed by atoms with E-state index in [9.17, 15) is 21.0 Å². The van der Waals surface area contributed by atoms with Crippen LogP contribution >= 0.6 is 0 Å². The van der Waals surface area contributed by atoms with E-state index < -0.39 is 0 Å². The lowest BCUT2D eigenvalue weighted by atomic mass is 9.79. The lowest BCUT2D eigenvalue weighted by molar-refractivity contribution is 0.591. The molecule has 0 bridgehead atoms. The summed E-state index contributed by atoms with van der Waals surface area (Å²) in [7, 11) is 0. The molecule has 4 heteroatoms. The lowest BCUT2D eigenvalue weighted by Crippen LogP contribution is -2.31. The fraction of sp³-hybridized carbons (Fsp3) is 0.267. The van der Waals surface area contributed by atoms with Crippen molar-refractivity contribution in [1.29, 1.82) is 21.0 Å². The van der Waals surface area contributed by atoms with Crippen molar-refractivity contribution in [3.05, 3.63) is 58.0 Å². The van der Waals surface area contributed by atoms with E-state index in [1.807, 2.05) is 36.4 Å². The van der Waals surface area contributed by atoms with Gasteiger partial charge in [0.15, 0.2) is 0 Å². The topological polar surface area (TPSA) is 95.2 Å². The van der Waals surface area contributed by atoms with Crippen LogP contribution in [0.15, 0.2) is 36.4 Å². The third kappa shape index (κ3) is 3.33. The van der Waals surface area contributed by atoms with E-state index in [1.54, 1.807) is 0 Å². The number of hydrogen-bond donors (Lipinski definition) is 0. The Kier molecular flexibility index (Phi) is 5.09. The predicted octanol–water partition coefficient (Wildman–Crippen LogP) is 5.57. The fourth-order valence-corrected chi connectivity index (χ4v) is 4.65. The van der Waals surface area contributed by atoms with Gasteiger partial charge in [0.1, 0.15) is 35.4 Å². The molecule has 34 heavy (non-hydrogen) atoms. The Balaban J connectivity index is 2.59. The van der Waals surface area contributed by atoms with Gasteiger partial charge in [-0.3, -0.25) is 0 Å². The van der Waals surface area contributed by atoms with E-state index in [2.05, 4.69) is 65.8 Å². The summed E-state index contributed by atoms with van der Waals surface area (Å²) in [6.07, 6.45) is 0. The standard InChI is InChI=1S/C30H24N4/c1-29(2,3)21-9-17-7-8-18-10-22(30(4,5)6)12-24-26(18)25(17)23(11-21)27(19(13-31)14-32)28(24)20(15-33)16-34/h7-12H,1-6H3. The first-order valence-electron chi connectivity index (χ1n) is 11.1. The minimum absolute atomic E-state index is 0.103. The van der Waals surface area contributed by atoms with Gasteiger partial charge in [0.05, 0.1) is 0 Å². The van der Waals surface area contributed by atoms with Crippen LogP contribution in [0.1, 0.15) is 52.7 Å². The van der Waals surface area contributed by atoms with Gasteiger partial charge in [0.2, 0.25) is 0 Å². The van der Waals surface area contributed by atoms with Gasteiger partial charge in [-0.25, -0.2) is 0 Å². The molecular weight excluding hydrogens is 416 g/mol. The van der Waals surface area contributed by atoms with Gasteiger partial charge in [0.25, 0.3) is 0 Å². The summed E-state index contributed by atoms with van der Waals surface area (Å²) in [6, 6.07) is 20.6. The molecule has 0 amide bonds. The summed E-state index contributed by atoms with van der Waals surface area (Å²) < 4.78 is 0. The van der Waals surface area contributed by atoms with Crippen molar-refractivity contribution < 1.29 is 0 Å². The first-order valence-corrected chi connectivity index (χ1v) is 11.1. The number of nitrogens with zero attached hydrogens (tertiary/aromatic N) is 4. The maximum absolute atomic E-state index is 9.91. The highest BCUT2D eigenvalue weighted by Crippen LogP contribution is 2.37. The van der Waals surface area contributed by atoms with Crippen LogP contribution in [0.5, 0.6) is 0 Å². The van der Waals surface area contributed by atoms with Crippen molar-refractivity contribution in [2.75, 3.05) is 0 Å². The molecule has 0 saturated carbocycles. The van der Waals surface area contributed by atoms with Gasteiger partial charge in [-0.15, -0.1) is 0 Å². The monoisotopic (exact) mass is 440 g/mol. The molecule has 0 aromatic heterocycles. The molecule has 0 aliphatic carbocycles. The maximum atomic E-state index is 9.91. The van der Waals surface area contributed by atoms with Gasteiger partial charge in [-0.2, -0.15) is 21.0 Å². The van der Waals surface area contributed by atoms with Crippen molar-refractivity contribution in [2.24, 2.45) is 0 Å². The highest BCUT2D eigenvalue weighted by Gasteiger charge is 2.23. The minimum Gasteiger partial charge on any atom is -0.192 e. The van der Waals surface area contributed by atoms with Crippen LogP contribution in [0.4, 0.5) is 0 Å². The molecule has 0 unspecified atom stereocenters. The van der Waals surface area contributed by atoms with Gasteiger partial charge in [-0.1, -0.05) is 65.8 Å². The summed E-state index contributed by atoms with van der Waals surface area (Å²) in [4.78, 5) is 0. The van der Waals surface area contributed by atoms with E-state index in [0.29, 0.717) is 10.4 Å². The first kappa shape index (κ1) is 22.8. The molecule has 0 atom stereocenters. The second kappa shape index (κ2) is 7.59. The zero-order chi connectivity index (χ0) is 25.0. The zero-order valence-corrected chi connectivity index (χ0v) is 20.3. The van der Waals surface area contributed by atoms with E-state index in [-0.39, 0.29) is 22.0 Å². The molecular formula is C30H24N4. The number of benzene rings is 4. The van der Waals surface area contributed by atoms with Crippen molar-refractivity contribution in [3.8, 4) is 24.3 Å². The van der Waals surface area contributed by atoms with Gasteiger partial charge < -0.3 is 0 Å². The molecule has 0 aliphatic rings. The van der Waals surface area contributed by atoms with Gasteiger partial charge in [0, 0.05) is 10.4 Å². The zero-order valence-electron chi connectivity index (χ0n) is 20.3. The second-order valence-corrected chi connectivity index (χ2v) is 10.8. The van der Waals surface area contributed by atoms with Crippen LogP contribution < -0.4 is 10.4 Å². The molecule has 0 aliphatic heterocycles. The third-order valence-electron chi connectivity index (χ3n) is 6.50. The Morgan fingerprint density at radius 1 is 0.559 bits per heavy atom. The first-order chi connectivity index (χ1) is 16.0. The molecule has 4 nitrogen and oxygen atoms in total. The average molecular weight is 441 g/mol. The highest BCUT2D eigenvalue weighted by atomic mass is 14.3. The third-order valence-corrected chi connectivity index (χ3v) is 6.50. The molecule has 0 N–H and O–H groups in total. The Labute approximate surface area is 199 Å². The number of hydrogen-bond acceptors (Lipinski definition) is 4. The SMILES string of the molecule is CC(C)(C)c1cc2ccc3cc(C(C)(C)C)cc4c(=C(C#N)C#N)c(=C(C#N)C#N)c(c1)c2c34. The lowest BCUT2D eigenvalue weighted by Gasteiger charge is -2.24. The van der Waals surface area contributed by atoms with Crippen LogP contribution in [0.25, 0.3) is 43.5 Å². The van der Waals surface area contributed by atoms with Gasteiger partial charge >= 0.3 is 0 Å². The Hall–Kier alpha value is -4.38. The summed E-state index contributed by atoms with van der Waals surface area (Å²) in [6.45, 7) is 12.7. The molecule has 4 rings (SSSR count). The normalized spacial score (nSPS) is 11.7. The van der Waals surface area contributed by atoms with Crippen molar-refractivity contribution in [2.45, 2.75) is 52.4 Å². The summed E-state index contributed by atoms with van der Waals surface area (Å²) >= 11 is 0. The molecule has 164 valence electrons. The molecule has 0 fully saturated rings. The van der Waals surface area contributed by atoms with Crippen LogP contribution in [0.3, 0.4) is 0 Å². The quantitative estimate of drug-likeness (QED) is 0.334. The van der Waals surface area contributed by atoms with Crippen LogP contribution in [0, 0.1) is 45.3 Å². The highest BCUT2D eigenvalue weighted by molar-refractivity contribution is 6.24. The smallest absolute Gasteiger partial charge is 0.138 e. The summed E-state index contributed by atoms with van der Waals surface area (Å²) in [5.74, 6) is 0. The Morgan fingerprint density at radius 3 is 1.15 bits per heavy atom.